The Morgan fingerprint density at radius 3 is 1.16 bits per heavy atom. The molecule has 44 heavy (non-hydrogen) atoms. The Morgan fingerprint density at radius 1 is 0.568 bits per heavy atom. The third-order valence-corrected chi connectivity index (χ3v) is 6.85. The molecule has 2 unspecified atom stereocenters. The van der Waals surface area contributed by atoms with Gasteiger partial charge in [0.25, 0.3) is 31.1 Å². The van der Waals surface area contributed by atoms with Crippen LogP contribution in [0.2, 0.25) is 0 Å². The number of hydrogen-bond donors (Lipinski definition) is 2. The van der Waals surface area contributed by atoms with Crippen LogP contribution >= 0.6 is 0 Å². The molecule has 0 heterocycles. The molecule has 0 saturated carbocycles. The van der Waals surface area contributed by atoms with Crippen LogP contribution in [0, 0.1) is 0 Å². The smallest absolute Gasteiger partial charge is 0.870 e. The van der Waals surface area contributed by atoms with E-state index in [-0.39, 0.29) is 53.0 Å². The molecule has 18 heteroatoms. The van der Waals surface area contributed by atoms with E-state index in [2.05, 4.69) is 20.5 Å². The first-order chi connectivity index (χ1) is 19.7. The van der Waals surface area contributed by atoms with Gasteiger partial charge in [-0.2, -0.15) is 8.42 Å². The van der Waals surface area contributed by atoms with Crippen molar-refractivity contribution in [3.05, 3.63) is 118 Å². The average molecular weight is 843 g/mol. The van der Waals surface area contributed by atoms with Crippen molar-refractivity contribution >= 4 is 69.2 Å². The van der Waals surface area contributed by atoms with Crippen LogP contribution < -0.4 is 21.1 Å². The second-order valence-electron chi connectivity index (χ2n) is 8.19. The first kappa shape index (κ1) is 37.7. The number of rotatable bonds is 6. The molecule has 2 atom stereocenters. The monoisotopic (exact) mass is 842 g/mol. The zero-order valence-corrected chi connectivity index (χ0v) is 27.3. The molecule has 15 nitrogen and oxygen atoms in total. The first-order valence-electron chi connectivity index (χ1n) is 11.5. The van der Waals surface area contributed by atoms with Gasteiger partial charge in [0.15, 0.2) is 0 Å². The van der Waals surface area contributed by atoms with Crippen LogP contribution in [0.4, 0.5) is 22.7 Å². The Hall–Kier alpha value is -4.32. The molecule has 4 aromatic rings. The normalized spacial score (nSPS) is 13.3. The summed E-state index contributed by atoms with van der Waals surface area (Å²) in [5.41, 5.74) is 1.06. The van der Waals surface area contributed by atoms with Crippen molar-refractivity contribution in [3.63, 3.8) is 0 Å². The minimum absolute atomic E-state index is 0. The summed E-state index contributed by atoms with van der Waals surface area (Å²) in [7, 11) is -8.44. The van der Waals surface area contributed by atoms with Gasteiger partial charge in [-0.1, -0.05) is 10.2 Å². The van der Waals surface area contributed by atoms with E-state index < -0.39 is 31.1 Å². The van der Waals surface area contributed by atoms with Crippen molar-refractivity contribution in [1.29, 1.82) is 0 Å². The quantitative estimate of drug-likeness (QED) is 0.111. The zero-order valence-electron chi connectivity index (χ0n) is 22.2. The number of benzene rings is 2. The summed E-state index contributed by atoms with van der Waals surface area (Å²) in [6.07, 6.45) is 0. The van der Waals surface area contributed by atoms with Crippen LogP contribution in [0.25, 0.3) is 0 Å². The fourth-order valence-electron chi connectivity index (χ4n) is 2.92. The molecular formula is C26H25BiN4O11S2+5. The third kappa shape index (κ3) is 11.8. The zero-order chi connectivity index (χ0) is 30.9. The van der Waals surface area contributed by atoms with E-state index in [1.165, 1.54) is 97.1 Å². The summed E-state index contributed by atoms with van der Waals surface area (Å²) < 4.78 is 61.2. The summed E-state index contributed by atoms with van der Waals surface area (Å²) >= 11 is 0. The number of nitrogens with zero attached hydrogens (tertiary/aromatic N) is 2. The standard InChI is InChI=1S/2C13H10N2O5S.Bi.H2O/c2*16-12-7-3-10(4-8-13(12)17)15-14-9-1-5-11(6-2-9)21(18,19)20;;/h2*1-8H,(H,16,17)(H,18,19,20);;1H2/q;;+2;/p+3. The van der Waals surface area contributed by atoms with E-state index in [9.17, 15) is 27.1 Å². The maximum absolute atomic E-state index is 11.2. The molecule has 0 aromatic heterocycles. The summed E-state index contributed by atoms with van der Waals surface area (Å²) in [6, 6.07) is 21.7. The Labute approximate surface area is 268 Å². The van der Waals surface area contributed by atoms with Crippen LogP contribution in [0.5, 0.6) is 11.5 Å². The Balaban J connectivity index is 0.000000421. The largest absolute Gasteiger partial charge is 2.00 e. The van der Waals surface area contributed by atoms with Crippen LogP contribution in [0.15, 0.2) is 127 Å². The minimum Gasteiger partial charge on any atom is -0.870 e. The SMILES string of the molecule is O=c1ccc(N=[NH+]c2ccc(S(=O)([O-])=[OH+])cc2)ccc1[OH2+].O=c1ccc(N=[NH+]c2ccc(S(=O)([O-])=[OH+])cc2)ccc1[OH2+].[Bi+2].[OH-]. The fraction of sp³-hybridized carbons (Fsp3) is 0. The van der Waals surface area contributed by atoms with Gasteiger partial charge >= 0.3 is 37.7 Å². The van der Waals surface area contributed by atoms with Gasteiger partial charge in [-0.15, -0.1) is 0 Å². The molecule has 0 saturated heterocycles. The molecule has 0 fully saturated rings. The molecule has 0 aliphatic carbocycles. The molecule has 0 amide bonds. The van der Waals surface area contributed by atoms with E-state index in [4.69, 9.17) is 18.6 Å². The number of azo groups is 2. The van der Waals surface area contributed by atoms with E-state index >= 15 is 0 Å². The fourth-order valence-corrected chi connectivity index (χ4v) is 3.88. The molecular weight excluding hydrogens is 817 g/mol. The van der Waals surface area contributed by atoms with Gasteiger partial charge < -0.3 is 24.8 Å². The van der Waals surface area contributed by atoms with Gasteiger partial charge in [-0.3, -0.25) is 9.59 Å². The van der Waals surface area contributed by atoms with Crippen molar-refractivity contribution < 1.29 is 51.9 Å². The van der Waals surface area contributed by atoms with Crippen molar-refractivity contribution in [1.82, 2.24) is 0 Å². The van der Waals surface area contributed by atoms with Crippen molar-refractivity contribution in [2.45, 2.75) is 9.79 Å². The predicted molar refractivity (Wildman–Crippen MR) is 156 cm³/mol. The van der Waals surface area contributed by atoms with E-state index in [1.807, 2.05) is 0 Å². The molecule has 0 aliphatic heterocycles. The molecule has 227 valence electrons. The van der Waals surface area contributed by atoms with E-state index in [1.54, 1.807) is 0 Å². The van der Waals surface area contributed by atoms with Gasteiger partial charge in [0.1, 0.15) is 21.2 Å². The summed E-state index contributed by atoms with van der Waals surface area (Å²) in [6.45, 7) is 0. The van der Waals surface area contributed by atoms with E-state index in [0.29, 0.717) is 22.7 Å². The summed E-state index contributed by atoms with van der Waals surface area (Å²) in [4.78, 5) is 22.1. The second kappa shape index (κ2) is 16.5. The van der Waals surface area contributed by atoms with Crippen LogP contribution in [0.3, 0.4) is 0 Å². The van der Waals surface area contributed by atoms with Gasteiger partial charge in [0.05, 0.1) is 0 Å². The molecule has 4 aromatic carbocycles. The van der Waals surface area contributed by atoms with Gasteiger partial charge in [0, 0.05) is 36.4 Å². The van der Waals surface area contributed by atoms with Crippen LogP contribution in [-0.2, 0) is 20.2 Å². The van der Waals surface area contributed by atoms with Gasteiger partial charge in [-0.05, 0) is 70.9 Å². The summed E-state index contributed by atoms with van der Waals surface area (Å²) in [5.74, 6) is -0.261. The molecule has 9 N–H and O–H groups in total. The topological polar surface area (TPSA) is 286 Å². The van der Waals surface area contributed by atoms with Crippen molar-refractivity contribution in [3.8, 4) is 11.5 Å². The Bertz CT molecular complexity index is 1850. The maximum atomic E-state index is 11.2. The van der Waals surface area contributed by atoms with E-state index in [0.717, 1.165) is 0 Å². The predicted octanol–water partition coefficient (Wildman–Crippen LogP) is -0.474. The second-order valence-corrected chi connectivity index (χ2v) is 11.0. The molecule has 0 spiro atoms. The Morgan fingerprint density at radius 2 is 0.864 bits per heavy atom. The molecule has 0 aliphatic rings. The maximum Gasteiger partial charge on any atom is 2.00 e. The number of nitrogens with one attached hydrogen (secondary N) is 2. The first-order valence-corrected chi connectivity index (χ1v) is 14.4. The molecule has 3 radical (unpaired) electrons. The van der Waals surface area contributed by atoms with Gasteiger partial charge in [-0.25, -0.2) is 8.42 Å². The molecule has 4 rings (SSSR count). The number of hydrogen-bond acceptors (Lipinski definition) is 9. The minimum atomic E-state index is -4.22. The summed E-state index contributed by atoms with van der Waals surface area (Å²) in [5, 5.41) is 28.1. The van der Waals surface area contributed by atoms with Crippen molar-refractivity contribution in [2.24, 2.45) is 10.2 Å². The van der Waals surface area contributed by atoms with Crippen LogP contribution in [-0.4, -0.2) is 67.8 Å². The Kier molecular flexibility index (Phi) is 14.1. The molecule has 0 bridgehead atoms. The van der Waals surface area contributed by atoms with Crippen LogP contribution in [0.1, 0.15) is 0 Å². The third-order valence-electron chi connectivity index (χ3n) is 5.12. The average Bonchev–Trinajstić information content (AvgIpc) is 3.21. The van der Waals surface area contributed by atoms with Gasteiger partial charge in [0.2, 0.25) is 11.4 Å². The van der Waals surface area contributed by atoms with Crippen molar-refractivity contribution in [2.75, 3.05) is 0 Å².